The maximum Gasteiger partial charge on any atom is 0.404 e. The summed E-state index contributed by atoms with van der Waals surface area (Å²) in [6.07, 6.45) is -0.910. The van der Waals surface area contributed by atoms with Crippen LogP contribution in [0.1, 0.15) is 5.56 Å². The van der Waals surface area contributed by atoms with Crippen LogP contribution in [-0.4, -0.2) is 28.4 Å². The second-order valence-electron chi connectivity index (χ2n) is 5.07. The van der Waals surface area contributed by atoms with E-state index in [2.05, 4.69) is 10.1 Å². The summed E-state index contributed by atoms with van der Waals surface area (Å²) in [5.74, 6) is 0.0195. The summed E-state index contributed by atoms with van der Waals surface area (Å²) in [7, 11) is 1.37. The Balaban J connectivity index is 2.33. The van der Waals surface area contributed by atoms with E-state index in [1.54, 1.807) is 0 Å². The van der Waals surface area contributed by atoms with Gasteiger partial charge in [-0.25, -0.2) is 9.59 Å². The van der Waals surface area contributed by atoms with Crippen molar-refractivity contribution >= 4 is 17.6 Å². The Morgan fingerprint density at radius 3 is 2.54 bits per heavy atom. The molecule has 0 fully saturated rings. The average Bonchev–Trinajstić information content (AvgIpc) is 2.57. The van der Waals surface area contributed by atoms with Crippen LogP contribution < -0.4 is 28.0 Å². The molecule has 128 valence electrons. The van der Waals surface area contributed by atoms with Crippen molar-refractivity contribution in [2.75, 3.05) is 24.2 Å². The van der Waals surface area contributed by atoms with Gasteiger partial charge in [-0.15, -0.1) is 0 Å². The Labute approximate surface area is 137 Å². The Morgan fingerprint density at radius 2 is 1.92 bits per heavy atom. The number of nitrogens with two attached hydrogens (primary N) is 2. The first kappa shape index (κ1) is 17.1. The predicted octanol–water partition coefficient (Wildman–Crippen LogP) is -0.315. The molecule has 0 atom stereocenters. The van der Waals surface area contributed by atoms with Crippen molar-refractivity contribution in [2.24, 2.45) is 12.8 Å². The van der Waals surface area contributed by atoms with Gasteiger partial charge in [0.05, 0.1) is 6.54 Å². The zero-order chi connectivity index (χ0) is 17.7. The minimum absolute atomic E-state index is 0.0195. The fraction of sp³-hybridized carbons (Fsp3) is 0.267. The van der Waals surface area contributed by atoms with Crippen molar-refractivity contribution in [3.63, 3.8) is 0 Å². The normalized spacial score (nSPS) is 10.4. The Hall–Kier alpha value is -3.23. The van der Waals surface area contributed by atoms with Gasteiger partial charge in [0.1, 0.15) is 18.1 Å². The SMILES string of the molecule is Cn1c(=O)c(NCCOC(N)=O)c(N)n(Cc2ccccc2)c1=O. The third-order valence-corrected chi connectivity index (χ3v) is 3.41. The van der Waals surface area contributed by atoms with E-state index in [-0.39, 0.29) is 31.2 Å². The van der Waals surface area contributed by atoms with Gasteiger partial charge >= 0.3 is 11.8 Å². The van der Waals surface area contributed by atoms with Gasteiger partial charge in [-0.3, -0.25) is 13.9 Å². The molecule has 9 nitrogen and oxygen atoms in total. The molecule has 0 aliphatic rings. The van der Waals surface area contributed by atoms with Crippen LogP contribution in [0, 0.1) is 0 Å². The van der Waals surface area contributed by atoms with E-state index in [1.807, 2.05) is 30.3 Å². The summed E-state index contributed by atoms with van der Waals surface area (Å²) < 4.78 is 6.85. The number of nitrogens with one attached hydrogen (secondary N) is 1. The number of anilines is 2. The van der Waals surface area contributed by atoms with Crippen molar-refractivity contribution in [3.05, 3.63) is 56.7 Å². The molecule has 5 N–H and O–H groups in total. The molecule has 2 rings (SSSR count). The molecule has 0 aliphatic heterocycles. The van der Waals surface area contributed by atoms with Crippen LogP contribution in [0.4, 0.5) is 16.3 Å². The third kappa shape index (κ3) is 3.75. The molecule has 2 aromatic rings. The summed E-state index contributed by atoms with van der Waals surface area (Å²) in [4.78, 5) is 35.1. The number of rotatable bonds is 6. The lowest BCUT2D eigenvalue weighted by atomic mass is 10.2. The van der Waals surface area contributed by atoms with Gasteiger partial charge in [-0.05, 0) is 5.56 Å². The van der Waals surface area contributed by atoms with Crippen LogP contribution in [-0.2, 0) is 18.3 Å². The summed E-state index contributed by atoms with van der Waals surface area (Å²) in [5.41, 5.74) is 10.7. The number of aromatic nitrogens is 2. The van der Waals surface area contributed by atoms with Gasteiger partial charge in [-0.2, -0.15) is 0 Å². The molecule has 1 aromatic carbocycles. The van der Waals surface area contributed by atoms with Crippen LogP contribution in [0.5, 0.6) is 0 Å². The van der Waals surface area contributed by atoms with E-state index < -0.39 is 17.3 Å². The van der Waals surface area contributed by atoms with E-state index in [1.165, 1.54) is 11.6 Å². The van der Waals surface area contributed by atoms with E-state index >= 15 is 0 Å². The molecule has 1 amide bonds. The highest BCUT2D eigenvalue weighted by atomic mass is 16.5. The van der Waals surface area contributed by atoms with Crippen LogP contribution >= 0.6 is 0 Å². The highest BCUT2D eigenvalue weighted by Crippen LogP contribution is 2.12. The van der Waals surface area contributed by atoms with Gasteiger partial charge in [0, 0.05) is 13.6 Å². The topological polar surface area (TPSA) is 134 Å². The Kier molecular flexibility index (Phi) is 5.25. The minimum Gasteiger partial charge on any atom is -0.448 e. The standard InChI is InChI=1S/C15H19N5O4/c1-19-13(21)11(18-7-8-24-14(17)22)12(16)20(15(19)23)9-10-5-3-2-4-6-10/h2-6,18H,7-9,16H2,1H3,(H2,17,22). The maximum absolute atomic E-state index is 12.3. The van der Waals surface area contributed by atoms with Gasteiger partial charge in [0.15, 0.2) is 0 Å². The number of nitrogen functional groups attached to an aromatic ring is 1. The van der Waals surface area contributed by atoms with Crippen molar-refractivity contribution in [2.45, 2.75) is 6.54 Å². The smallest absolute Gasteiger partial charge is 0.404 e. The number of benzene rings is 1. The van der Waals surface area contributed by atoms with Crippen molar-refractivity contribution < 1.29 is 9.53 Å². The number of carbonyl (C=O) groups excluding carboxylic acids is 1. The number of ether oxygens (including phenoxy) is 1. The summed E-state index contributed by atoms with van der Waals surface area (Å²) >= 11 is 0. The van der Waals surface area contributed by atoms with Crippen LogP contribution in [0.15, 0.2) is 39.9 Å². The second-order valence-corrected chi connectivity index (χ2v) is 5.07. The number of hydrogen-bond donors (Lipinski definition) is 3. The first-order valence-electron chi connectivity index (χ1n) is 7.21. The lowest BCUT2D eigenvalue weighted by Gasteiger charge is -2.16. The number of hydrogen-bond acceptors (Lipinski definition) is 6. The van der Waals surface area contributed by atoms with Crippen molar-refractivity contribution in [3.8, 4) is 0 Å². The predicted molar refractivity (Wildman–Crippen MR) is 89.9 cm³/mol. The van der Waals surface area contributed by atoms with Gasteiger partial charge < -0.3 is 21.5 Å². The van der Waals surface area contributed by atoms with Crippen LogP contribution in [0.3, 0.4) is 0 Å². The quantitative estimate of drug-likeness (QED) is 0.620. The molecular weight excluding hydrogens is 314 g/mol. The number of primary amides is 1. The van der Waals surface area contributed by atoms with Gasteiger partial charge in [-0.1, -0.05) is 30.3 Å². The molecule has 1 heterocycles. The molecule has 0 radical (unpaired) electrons. The molecule has 0 aliphatic carbocycles. The monoisotopic (exact) mass is 333 g/mol. The highest BCUT2D eigenvalue weighted by molar-refractivity contribution is 5.64. The molecule has 0 unspecified atom stereocenters. The van der Waals surface area contributed by atoms with E-state index in [4.69, 9.17) is 11.5 Å². The minimum atomic E-state index is -0.910. The number of amides is 1. The number of nitrogens with zero attached hydrogens (tertiary/aromatic N) is 2. The molecule has 9 heteroatoms. The van der Waals surface area contributed by atoms with E-state index in [0.29, 0.717) is 0 Å². The van der Waals surface area contributed by atoms with Crippen molar-refractivity contribution in [1.82, 2.24) is 9.13 Å². The summed E-state index contributed by atoms with van der Waals surface area (Å²) in [6.45, 7) is 0.327. The Bertz CT molecular complexity index is 841. The number of carbonyl (C=O) groups is 1. The van der Waals surface area contributed by atoms with Crippen molar-refractivity contribution in [1.29, 1.82) is 0 Å². The van der Waals surface area contributed by atoms with Gasteiger partial charge in [0.25, 0.3) is 5.56 Å². The zero-order valence-electron chi connectivity index (χ0n) is 13.2. The lowest BCUT2D eigenvalue weighted by Crippen LogP contribution is -2.41. The highest BCUT2D eigenvalue weighted by Gasteiger charge is 2.15. The van der Waals surface area contributed by atoms with Crippen LogP contribution in [0.25, 0.3) is 0 Å². The fourth-order valence-corrected chi connectivity index (χ4v) is 2.20. The molecule has 0 spiro atoms. The molecule has 0 saturated heterocycles. The first-order chi connectivity index (χ1) is 11.4. The first-order valence-corrected chi connectivity index (χ1v) is 7.21. The maximum atomic E-state index is 12.3. The molecule has 1 aromatic heterocycles. The molecule has 24 heavy (non-hydrogen) atoms. The molecule has 0 bridgehead atoms. The lowest BCUT2D eigenvalue weighted by molar-refractivity contribution is 0.161. The third-order valence-electron chi connectivity index (χ3n) is 3.41. The summed E-state index contributed by atoms with van der Waals surface area (Å²) in [5, 5.41) is 2.78. The zero-order valence-corrected chi connectivity index (χ0v) is 13.2. The Morgan fingerprint density at radius 1 is 1.25 bits per heavy atom. The van der Waals surface area contributed by atoms with E-state index in [9.17, 15) is 14.4 Å². The van der Waals surface area contributed by atoms with E-state index in [0.717, 1.165) is 10.1 Å². The second kappa shape index (κ2) is 7.36. The largest absolute Gasteiger partial charge is 0.448 e. The summed E-state index contributed by atoms with van der Waals surface area (Å²) in [6, 6.07) is 9.26. The molecular formula is C15H19N5O4. The van der Waals surface area contributed by atoms with Crippen LogP contribution in [0.2, 0.25) is 0 Å². The fourth-order valence-electron chi connectivity index (χ4n) is 2.20. The van der Waals surface area contributed by atoms with Gasteiger partial charge in [0.2, 0.25) is 0 Å². The molecule has 0 saturated carbocycles. The average molecular weight is 333 g/mol.